The van der Waals surface area contributed by atoms with Crippen LogP contribution in [0.3, 0.4) is 0 Å². The Hall–Kier alpha value is -4.66. The van der Waals surface area contributed by atoms with Crippen LogP contribution < -0.4 is 15.4 Å². The summed E-state index contributed by atoms with van der Waals surface area (Å²) >= 11 is 0. The van der Waals surface area contributed by atoms with Crippen molar-refractivity contribution in [2.24, 2.45) is 5.10 Å². The van der Waals surface area contributed by atoms with E-state index in [1.807, 2.05) is 24.3 Å². The van der Waals surface area contributed by atoms with E-state index in [0.717, 1.165) is 5.56 Å². The fourth-order valence-electron chi connectivity index (χ4n) is 4.10. The van der Waals surface area contributed by atoms with Gasteiger partial charge in [0.05, 0.1) is 34.9 Å². The molecule has 3 aromatic carbocycles. The Morgan fingerprint density at radius 3 is 2.47 bits per heavy atom. The van der Waals surface area contributed by atoms with Crippen molar-refractivity contribution in [3.63, 3.8) is 0 Å². The zero-order valence-corrected chi connectivity index (χ0v) is 18.0. The Bertz CT molecular complexity index is 1480. The van der Waals surface area contributed by atoms with Crippen molar-refractivity contribution in [2.45, 2.75) is 12.5 Å². The van der Waals surface area contributed by atoms with Crippen LogP contribution in [0.15, 0.2) is 87.1 Å². The SMILES string of the molecule is COc1ccc(C2CC(c3c(O)c4ccccc4oc3=O)=NN2c2ccc([N+](=O)[O-])cc2)cc1. The number of nitro benzene ring substituents is 1. The number of benzene rings is 3. The molecule has 1 aromatic heterocycles. The first-order chi connectivity index (χ1) is 16.5. The van der Waals surface area contributed by atoms with E-state index >= 15 is 0 Å². The Morgan fingerprint density at radius 1 is 1.09 bits per heavy atom. The van der Waals surface area contributed by atoms with Gasteiger partial charge in [-0.05, 0) is 42.0 Å². The monoisotopic (exact) mass is 457 g/mol. The van der Waals surface area contributed by atoms with E-state index in [2.05, 4.69) is 5.10 Å². The van der Waals surface area contributed by atoms with Crippen molar-refractivity contribution < 1.29 is 19.2 Å². The summed E-state index contributed by atoms with van der Waals surface area (Å²) in [5.41, 5.74) is 1.41. The molecule has 1 atom stereocenters. The summed E-state index contributed by atoms with van der Waals surface area (Å²) in [5.74, 6) is 0.502. The molecule has 1 aliphatic heterocycles. The summed E-state index contributed by atoms with van der Waals surface area (Å²) in [5, 5.41) is 28.8. The van der Waals surface area contributed by atoms with E-state index in [-0.39, 0.29) is 28.6 Å². The zero-order chi connectivity index (χ0) is 23.8. The molecular weight excluding hydrogens is 438 g/mol. The minimum atomic E-state index is -0.686. The van der Waals surface area contributed by atoms with Crippen LogP contribution in [0.25, 0.3) is 11.0 Å². The molecule has 0 saturated carbocycles. The highest BCUT2D eigenvalue weighted by molar-refractivity contribution is 6.08. The summed E-state index contributed by atoms with van der Waals surface area (Å²) < 4.78 is 10.7. The number of anilines is 1. The van der Waals surface area contributed by atoms with Crippen molar-refractivity contribution in [3.8, 4) is 11.5 Å². The highest BCUT2D eigenvalue weighted by Crippen LogP contribution is 2.39. The quantitative estimate of drug-likeness (QED) is 0.260. The second-order valence-corrected chi connectivity index (χ2v) is 7.77. The molecule has 9 heteroatoms. The number of para-hydroxylation sites is 1. The number of nitrogens with zero attached hydrogens (tertiary/aromatic N) is 3. The van der Waals surface area contributed by atoms with Crippen molar-refractivity contribution in [3.05, 3.63) is 104 Å². The molecule has 0 radical (unpaired) electrons. The zero-order valence-electron chi connectivity index (χ0n) is 18.0. The second-order valence-electron chi connectivity index (χ2n) is 7.77. The summed E-state index contributed by atoms with van der Waals surface area (Å²) in [7, 11) is 1.58. The standard InChI is InChI=1S/C25H19N3O6/c1-33-18-12-6-15(7-13-18)21-14-20(26-27(21)16-8-10-17(11-9-16)28(31)32)23-24(29)19-4-2-3-5-22(19)34-25(23)30/h2-13,21,29H,14H2,1H3. The van der Waals surface area contributed by atoms with Gasteiger partial charge in [-0.1, -0.05) is 24.3 Å². The minimum absolute atomic E-state index is 0.00150. The van der Waals surface area contributed by atoms with E-state index in [4.69, 9.17) is 9.15 Å². The molecule has 4 aromatic rings. The number of hydrogen-bond donors (Lipinski definition) is 1. The van der Waals surface area contributed by atoms with Crippen molar-refractivity contribution in [1.29, 1.82) is 0 Å². The van der Waals surface area contributed by atoms with E-state index in [0.29, 0.717) is 29.0 Å². The Kier molecular flexibility index (Phi) is 5.21. The average Bonchev–Trinajstić information content (AvgIpc) is 3.29. The highest BCUT2D eigenvalue weighted by atomic mass is 16.6. The fraction of sp³-hybridized carbons (Fsp3) is 0.120. The van der Waals surface area contributed by atoms with Gasteiger partial charge in [0.25, 0.3) is 5.69 Å². The Balaban J connectivity index is 1.62. The van der Waals surface area contributed by atoms with E-state index in [1.165, 1.54) is 12.1 Å². The van der Waals surface area contributed by atoms with Gasteiger partial charge in [-0.3, -0.25) is 15.1 Å². The summed E-state index contributed by atoms with van der Waals surface area (Å²) in [6, 6.07) is 19.8. The van der Waals surface area contributed by atoms with Crippen LogP contribution in [0, 0.1) is 10.1 Å². The van der Waals surface area contributed by atoms with Gasteiger partial charge in [-0.25, -0.2) is 4.79 Å². The molecule has 1 aliphatic rings. The van der Waals surface area contributed by atoms with Crippen LogP contribution in [0.2, 0.25) is 0 Å². The van der Waals surface area contributed by atoms with Gasteiger partial charge >= 0.3 is 5.63 Å². The number of fused-ring (bicyclic) bond motifs is 1. The number of aromatic hydroxyl groups is 1. The third-order valence-electron chi connectivity index (χ3n) is 5.81. The number of methoxy groups -OCH3 is 1. The molecule has 0 aliphatic carbocycles. The maximum absolute atomic E-state index is 12.8. The van der Waals surface area contributed by atoms with Crippen LogP contribution in [-0.2, 0) is 0 Å². The number of rotatable bonds is 5. The number of hydrogen-bond acceptors (Lipinski definition) is 8. The molecule has 170 valence electrons. The third-order valence-corrected chi connectivity index (χ3v) is 5.81. The van der Waals surface area contributed by atoms with Crippen molar-refractivity contribution in [2.75, 3.05) is 12.1 Å². The smallest absolute Gasteiger partial charge is 0.349 e. The van der Waals surface area contributed by atoms with E-state index in [1.54, 1.807) is 48.5 Å². The molecular formula is C25H19N3O6. The molecule has 1 N–H and O–H groups in total. The third kappa shape index (κ3) is 3.62. The van der Waals surface area contributed by atoms with Crippen molar-refractivity contribution in [1.82, 2.24) is 0 Å². The second kappa shape index (κ2) is 8.36. The average molecular weight is 457 g/mol. The Morgan fingerprint density at radius 2 is 1.79 bits per heavy atom. The summed E-state index contributed by atoms with van der Waals surface area (Å²) in [6.45, 7) is 0. The van der Waals surface area contributed by atoms with Crippen LogP contribution in [0.5, 0.6) is 11.5 Å². The number of ether oxygens (including phenoxy) is 1. The predicted octanol–water partition coefficient (Wildman–Crippen LogP) is 4.77. The molecule has 0 fully saturated rings. The van der Waals surface area contributed by atoms with E-state index in [9.17, 15) is 20.0 Å². The number of nitro groups is 1. The van der Waals surface area contributed by atoms with Crippen LogP contribution in [-0.4, -0.2) is 22.9 Å². The lowest BCUT2D eigenvalue weighted by Gasteiger charge is -2.24. The number of hydrazone groups is 1. The number of non-ortho nitro benzene ring substituents is 1. The fourth-order valence-corrected chi connectivity index (χ4v) is 4.10. The molecule has 0 saturated heterocycles. The molecule has 0 bridgehead atoms. The maximum atomic E-state index is 12.8. The topological polar surface area (TPSA) is 118 Å². The van der Waals surface area contributed by atoms with Crippen LogP contribution in [0.4, 0.5) is 11.4 Å². The predicted molar refractivity (Wildman–Crippen MR) is 127 cm³/mol. The van der Waals surface area contributed by atoms with Crippen LogP contribution in [0.1, 0.15) is 23.6 Å². The van der Waals surface area contributed by atoms with Gasteiger partial charge in [0.2, 0.25) is 0 Å². The maximum Gasteiger partial charge on any atom is 0.349 e. The molecule has 5 rings (SSSR count). The van der Waals surface area contributed by atoms with Crippen molar-refractivity contribution >= 4 is 28.1 Å². The first-order valence-corrected chi connectivity index (χ1v) is 10.5. The normalized spacial score (nSPS) is 15.4. The molecule has 9 nitrogen and oxygen atoms in total. The van der Waals surface area contributed by atoms with E-state index < -0.39 is 10.5 Å². The minimum Gasteiger partial charge on any atom is -0.506 e. The van der Waals surface area contributed by atoms with Gasteiger partial charge in [0.1, 0.15) is 22.6 Å². The highest BCUT2D eigenvalue weighted by Gasteiger charge is 2.33. The molecule has 34 heavy (non-hydrogen) atoms. The molecule has 2 heterocycles. The summed E-state index contributed by atoms with van der Waals surface area (Å²) in [6.07, 6.45) is 0.306. The first kappa shape index (κ1) is 21.2. The molecule has 1 unspecified atom stereocenters. The van der Waals surface area contributed by atoms with Gasteiger partial charge in [0.15, 0.2) is 0 Å². The van der Waals surface area contributed by atoms with Gasteiger partial charge < -0.3 is 14.3 Å². The lowest BCUT2D eigenvalue weighted by atomic mass is 9.97. The first-order valence-electron chi connectivity index (χ1n) is 10.5. The van der Waals surface area contributed by atoms with Gasteiger partial charge in [-0.2, -0.15) is 5.10 Å². The van der Waals surface area contributed by atoms with Gasteiger partial charge in [-0.15, -0.1) is 0 Å². The lowest BCUT2D eigenvalue weighted by Crippen LogP contribution is -2.18. The summed E-state index contributed by atoms with van der Waals surface area (Å²) in [4.78, 5) is 23.4. The van der Waals surface area contributed by atoms with Gasteiger partial charge in [0, 0.05) is 18.6 Å². The van der Waals surface area contributed by atoms with Crippen LogP contribution >= 0.6 is 0 Å². The largest absolute Gasteiger partial charge is 0.506 e. The Labute approximate surface area is 193 Å². The molecule has 0 amide bonds. The lowest BCUT2D eigenvalue weighted by molar-refractivity contribution is -0.384. The molecule has 0 spiro atoms.